The Morgan fingerprint density at radius 2 is 2.00 bits per heavy atom. The number of methoxy groups -OCH3 is 1. The Labute approximate surface area is 134 Å². The molecule has 1 aromatic carbocycles. The summed E-state index contributed by atoms with van der Waals surface area (Å²) in [5.41, 5.74) is 0.589. The third-order valence-corrected chi connectivity index (χ3v) is 3.50. The molecule has 0 unspecified atom stereocenters. The van der Waals surface area contributed by atoms with Crippen LogP contribution in [-0.4, -0.2) is 50.0 Å². The van der Waals surface area contributed by atoms with Crippen LogP contribution in [0.25, 0.3) is 0 Å². The summed E-state index contributed by atoms with van der Waals surface area (Å²) < 4.78 is 5.05. The molecular formula is C15H20ClN3O3. The number of nitrogens with one attached hydrogen (secondary N) is 2. The van der Waals surface area contributed by atoms with Gasteiger partial charge in [-0.2, -0.15) is 0 Å². The molecular weight excluding hydrogens is 306 g/mol. The maximum atomic E-state index is 11.9. The van der Waals surface area contributed by atoms with Crippen molar-refractivity contribution in [2.45, 2.75) is 18.9 Å². The van der Waals surface area contributed by atoms with Crippen LogP contribution in [-0.2, 0) is 9.59 Å². The number of carbonyl (C=O) groups is 2. The minimum absolute atomic E-state index is 0.0507. The molecule has 1 aromatic rings. The summed E-state index contributed by atoms with van der Waals surface area (Å²) in [5.74, 6) is 0.293. The third kappa shape index (κ3) is 5.20. The number of carbonyl (C=O) groups excluding carboxylic acids is 2. The number of rotatable bonds is 7. The van der Waals surface area contributed by atoms with E-state index in [0.29, 0.717) is 22.5 Å². The lowest BCUT2D eigenvalue weighted by molar-refractivity contribution is -0.123. The quantitative estimate of drug-likeness (QED) is 0.797. The second kappa shape index (κ2) is 7.47. The first-order chi connectivity index (χ1) is 10.5. The normalized spacial score (nSPS) is 13.8. The highest BCUT2D eigenvalue weighted by Gasteiger charge is 2.23. The van der Waals surface area contributed by atoms with Crippen LogP contribution in [0.3, 0.4) is 0 Å². The summed E-state index contributed by atoms with van der Waals surface area (Å²) in [4.78, 5) is 25.3. The molecule has 22 heavy (non-hydrogen) atoms. The Bertz CT molecular complexity index is 561. The van der Waals surface area contributed by atoms with Crippen molar-refractivity contribution in [3.8, 4) is 5.75 Å². The molecule has 1 fully saturated rings. The summed E-state index contributed by atoms with van der Waals surface area (Å²) >= 11 is 6.00. The second-order valence-corrected chi connectivity index (χ2v) is 5.82. The van der Waals surface area contributed by atoms with Crippen LogP contribution in [0.4, 0.5) is 5.69 Å². The molecule has 7 heteroatoms. The first-order valence-electron chi connectivity index (χ1n) is 7.09. The van der Waals surface area contributed by atoms with Crippen molar-refractivity contribution in [1.82, 2.24) is 10.2 Å². The third-order valence-electron chi connectivity index (χ3n) is 3.21. The van der Waals surface area contributed by atoms with Crippen molar-refractivity contribution in [3.05, 3.63) is 23.2 Å². The highest BCUT2D eigenvalue weighted by atomic mass is 35.5. The molecule has 0 bridgehead atoms. The van der Waals surface area contributed by atoms with E-state index in [4.69, 9.17) is 16.3 Å². The van der Waals surface area contributed by atoms with E-state index in [1.165, 1.54) is 7.11 Å². The van der Waals surface area contributed by atoms with Crippen molar-refractivity contribution in [3.63, 3.8) is 0 Å². The molecule has 0 heterocycles. The van der Waals surface area contributed by atoms with Gasteiger partial charge in [-0.15, -0.1) is 0 Å². The summed E-state index contributed by atoms with van der Waals surface area (Å²) in [6.45, 7) is 0.328. The fourth-order valence-electron chi connectivity index (χ4n) is 1.99. The zero-order valence-electron chi connectivity index (χ0n) is 12.7. The van der Waals surface area contributed by atoms with E-state index in [9.17, 15) is 9.59 Å². The highest BCUT2D eigenvalue weighted by Crippen LogP contribution is 2.27. The largest absolute Gasteiger partial charge is 0.495 e. The molecule has 120 valence electrons. The SMILES string of the molecule is COc1ccc(NC(=O)CN(C)CC(=O)NC2CC2)cc1Cl. The topological polar surface area (TPSA) is 70.7 Å². The standard InChI is InChI=1S/C15H20ClN3O3/c1-19(8-14(20)17-10-3-4-10)9-15(21)18-11-5-6-13(22-2)12(16)7-11/h5-7,10H,3-4,8-9H2,1-2H3,(H,17,20)(H,18,21). The molecule has 0 saturated heterocycles. The van der Waals surface area contributed by atoms with E-state index in [1.54, 1.807) is 30.1 Å². The number of anilines is 1. The maximum Gasteiger partial charge on any atom is 0.238 e. The number of benzene rings is 1. The molecule has 1 aliphatic rings. The van der Waals surface area contributed by atoms with Crippen LogP contribution in [0.15, 0.2) is 18.2 Å². The zero-order valence-corrected chi connectivity index (χ0v) is 13.4. The molecule has 0 aromatic heterocycles. The van der Waals surface area contributed by atoms with Gasteiger partial charge in [-0.1, -0.05) is 11.6 Å². The average Bonchev–Trinajstić information content (AvgIpc) is 3.22. The predicted octanol–water partition coefficient (Wildman–Crippen LogP) is 1.50. The highest BCUT2D eigenvalue weighted by molar-refractivity contribution is 6.32. The summed E-state index contributed by atoms with van der Waals surface area (Å²) in [7, 11) is 3.26. The molecule has 2 N–H and O–H groups in total. The molecule has 0 atom stereocenters. The predicted molar refractivity (Wildman–Crippen MR) is 85.3 cm³/mol. The van der Waals surface area contributed by atoms with Gasteiger partial charge in [0.05, 0.1) is 25.2 Å². The first kappa shape index (κ1) is 16.6. The molecule has 0 spiro atoms. The molecule has 2 amide bonds. The van der Waals surface area contributed by atoms with E-state index in [2.05, 4.69) is 10.6 Å². The Morgan fingerprint density at radius 1 is 1.32 bits per heavy atom. The number of ether oxygens (including phenoxy) is 1. The Morgan fingerprint density at radius 3 is 2.59 bits per heavy atom. The lowest BCUT2D eigenvalue weighted by Crippen LogP contribution is -2.39. The van der Waals surface area contributed by atoms with Crippen molar-refractivity contribution in [2.75, 3.05) is 32.6 Å². The van der Waals surface area contributed by atoms with Crippen LogP contribution in [0.5, 0.6) is 5.75 Å². The van der Waals surface area contributed by atoms with Gasteiger partial charge in [0.25, 0.3) is 0 Å². The van der Waals surface area contributed by atoms with Gasteiger partial charge in [0, 0.05) is 11.7 Å². The monoisotopic (exact) mass is 325 g/mol. The second-order valence-electron chi connectivity index (χ2n) is 5.41. The van der Waals surface area contributed by atoms with Gasteiger partial charge in [-0.3, -0.25) is 14.5 Å². The molecule has 1 aliphatic carbocycles. The first-order valence-corrected chi connectivity index (χ1v) is 7.47. The number of hydrogen-bond donors (Lipinski definition) is 2. The van der Waals surface area contributed by atoms with Crippen molar-refractivity contribution < 1.29 is 14.3 Å². The van der Waals surface area contributed by atoms with Crippen LogP contribution in [0.1, 0.15) is 12.8 Å². The van der Waals surface area contributed by atoms with E-state index < -0.39 is 0 Å². The van der Waals surface area contributed by atoms with Gasteiger partial charge < -0.3 is 15.4 Å². The number of amides is 2. The average molecular weight is 326 g/mol. The smallest absolute Gasteiger partial charge is 0.238 e. The fourth-order valence-corrected chi connectivity index (χ4v) is 2.25. The summed E-state index contributed by atoms with van der Waals surface area (Å²) in [6, 6.07) is 5.35. The van der Waals surface area contributed by atoms with Gasteiger partial charge in [0.1, 0.15) is 5.75 Å². The lowest BCUT2D eigenvalue weighted by atomic mass is 10.3. The molecule has 2 rings (SSSR count). The Kier molecular flexibility index (Phi) is 5.63. The van der Waals surface area contributed by atoms with Crippen molar-refractivity contribution in [2.24, 2.45) is 0 Å². The van der Waals surface area contributed by atoms with Gasteiger partial charge in [0.2, 0.25) is 11.8 Å². The van der Waals surface area contributed by atoms with Crippen molar-refractivity contribution >= 4 is 29.1 Å². The minimum Gasteiger partial charge on any atom is -0.495 e. The number of halogens is 1. The Hall–Kier alpha value is -1.79. The molecule has 1 saturated carbocycles. The number of likely N-dealkylation sites (N-methyl/N-ethyl adjacent to an activating group) is 1. The molecule has 0 aliphatic heterocycles. The van der Waals surface area contributed by atoms with E-state index in [1.807, 2.05) is 0 Å². The van der Waals surface area contributed by atoms with Crippen molar-refractivity contribution in [1.29, 1.82) is 0 Å². The van der Waals surface area contributed by atoms with Crippen LogP contribution < -0.4 is 15.4 Å². The van der Waals surface area contributed by atoms with Crippen LogP contribution >= 0.6 is 11.6 Å². The summed E-state index contributed by atoms with van der Waals surface area (Å²) in [6.07, 6.45) is 2.10. The van der Waals surface area contributed by atoms with Gasteiger partial charge in [-0.25, -0.2) is 0 Å². The molecule has 6 nitrogen and oxygen atoms in total. The molecule has 0 radical (unpaired) electrons. The minimum atomic E-state index is -0.206. The zero-order chi connectivity index (χ0) is 16.1. The fraction of sp³-hybridized carbons (Fsp3) is 0.467. The lowest BCUT2D eigenvalue weighted by Gasteiger charge is -2.16. The van der Waals surface area contributed by atoms with Crippen LogP contribution in [0.2, 0.25) is 5.02 Å². The summed E-state index contributed by atoms with van der Waals surface area (Å²) in [5, 5.41) is 6.05. The van der Waals surface area contributed by atoms with Gasteiger partial charge >= 0.3 is 0 Å². The van der Waals surface area contributed by atoms with E-state index >= 15 is 0 Å². The number of nitrogens with zero attached hydrogens (tertiary/aromatic N) is 1. The van der Waals surface area contributed by atoms with Gasteiger partial charge in [0.15, 0.2) is 0 Å². The van der Waals surface area contributed by atoms with E-state index in [0.717, 1.165) is 12.8 Å². The maximum absolute atomic E-state index is 11.9. The van der Waals surface area contributed by atoms with E-state index in [-0.39, 0.29) is 24.9 Å². The van der Waals surface area contributed by atoms with Crippen LogP contribution in [0, 0.1) is 0 Å². The number of hydrogen-bond acceptors (Lipinski definition) is 4. The van der Waals surface area contributed by atoms with Gasteiger partial charge in [-0.05, 0) is 38.1 Å². The Balaban J connectivity index is 1.78.